The smallest absolute Gasteiger partial charge is 0.497 e. The van der Waals surface area contributed by atoms with Crippen LogP contribution in [-0.4, -0.2) is 31.1 Å². The third-order valence-electron chi connectivity index (χ3n) is 3.91. The molecule has 0 aliphatic rings. The van der Waals surface area contributed by atoms with Crippen molar-refractivity contribution in [2.45, 2.75) is 0 Å². The molecule has 0 aliphatic heterocycles. The van der Waals surface area contributed by atoms with Crippen molar-refractivity contribution in [1.82, 2.24) is 0 Å². The fraction of sp³-hybridized carbons (Fsp3) is 0.167. The minimum absolute atomic E-state index is 0.0773. The summed E-state index contributed by atoms with van der Waals surface area (Å²) in [6.07, 6.45) is 0. The first-order valence-corrected chi connectivity index (χ1v) is 9.43. The molecule has 2 N–H and O–H groups in total. The van der Waals surface area contributed by atoms with Crippen molar-refractivity contribution in [2.75, 3.05) is 21.3 Å². The zero-order valence-corrected chi connectivity index (χ0v) is 16.1. The van der Waals surface area contributed by atoms with Gasteiger partial charge in [0, 0.05) is 11.6 Å². The molecule has 148 valence electrons. The van der Waals surface area contributed by atoms with Gasteiger partial charge in [-0.2, -0.15) is 0 Å². The van der Waals surface area contributed by atoms with Crippen molar-refractivity contribution >= 4 is 18.8 Å². The topological polar surface area (TPSA) is 125 Å². The molecule has 0 saturated heterocycles. The highest BCUT2D eigenvalue weighted by Gasteiger charge is 2.26. The van der Waals surface area contributed by atoms with Crippen LogP contribution in [0.4, 0.5) is 0 Å². The number of benzene rings is 2. The summed E-state index contributed by atoms with van der Waals surface area (Å²) < 4.78 is 37.4. The number of methoxy groups -OCH3 is 3. The average molecular weight is 408 g/mol. The van der Waals surface area contributed by atoms with Gasteiger partial charge in [-0.1, -0.05) is 0 Å². The van der Waals surface area contributed by atoms with Crippen LogP contribution in [0.2, 0.25) is 0 Å². The van der Waals surface area contributed by atoms with Crippen molar-refractivity contribution in [3.8, 4) is 34.3 Å². The molecule has 0 fully saturated rings. The standard InChI is InChI=1S/C18H17O9P/c1-23-11-5-6-12-14(9-11)26-17(18(16(12)19)27-28(20,21)22)10-4-7-13(24-2)15(8-10)25-3/h4-9H,1-3H3,(H2,20,21,22). The molecule has 2 aromatic carbocycles. The molecule has 0 amide bonds. The second kappa shape index (κ2) is 7.55. The SMILES string of the molecule is COc1ccc2c(=O)c(OP(=O)(O)O)c(-c3ccc(OC)c(OC)c3)oc2c1. The highest BCUT2D eigenvalue weighted by Crippen LogP contribution is 2.43. The molecule has 10 heteroatoms. The second-order valence-electron chi connectivity index (χ2n) is 5.60. The minimum Gasteiger partial charge on any atom is -0.497 e. The first-order valence-electron chi connectivity index (χ1n) is 7.89. The summed E-state index contributed by atoms with van der Waals surface area (Å²) in [5.74, 6) is 0.412. The number of hydrogen-bond acceptors (Lipinski definition) is 7. The molecule has 1 aromatic heterocycles. The van der Waals surface area contributed by atoms with Gasteiger partial charge in [0.25, 0.3) is 0 Å². The fourth-order valence-corrected chi connectivity index (χ4v) is 3.06. The zero-order valence-electron chi connectivity index (χ0n) is 15.2. The molecular formula is C18H17O9P. The van der Waals surface area contributed by atoms with Crippen LogP contribution in [0.5, 0.6) is 23.0 Å². The Labute approximate surface area is 159 Å². The van der Waals surface area contributed by atoms with Crippen LogP contribution >= 0.6 is 7.82 Å². The maximum Gasteiger partial charge on any atom is 0.525 e. The lowest BCUT2D eigenvalue weighted by Gasteiger charge is -2.14. The van der Waals surface area contributed by atoms with Crippen LogP contribution in [0.15, 0.2) is 45.6 Å². The van der Waals surface area contributed by atoms with Gasteiger partial charge in [0.15, 0.2) is 17.3 Å². The molecule has 9 nitrogen and oxygen atoms in total. The van der Waals surface area contributed by atoms with Crippen molar-refractivity contribution in [2.24, 2.45) is 0 Å². The summed E-state index contributed by atoms with van der Waals surface area (Å²) >= 11 is 0. The fourth-order valence-electron chi connectivity index (χ4n) is 2.65. The molecule has 0 unspecified atom stereocenters. The number of fused-ring (bicyclic) bond motifs is 1. The Hall–Kier alpha value is -3.00. The van der Waals surface area contributed by atoms with E-state index in [-0.39, 0.29) is 16.7 Å². The van der Waals surface area contributed by atoms with Crippen LogP contribution in [0.25, 0.3) is 22.3 Å². The zero-order chi connectivity index (χ0) is 20.5. The lowest BCUT2D eigenvalue weighted by molar-refractivity contribution is 0.280. The minimum atomic E-state index is -5.03. The molecule has 0 spiro atoms. The lowest BCUT2D eigenvalue weighted by Crippen LogP contribution is -2.09. The van der Waals surface area contributed by atoms with Crippen LogP contribution in [-0.2, 0) is 4.57 Å². The predicted octanol–water partition coefficient (Wildman–Crippen LogP) is 2.96. The first kappa shape index (κ1) is 19.8. The number of phosphoric acid groups is 1. The summed E-state index contributed by atoms with van der Waals surface area (Å²) in [4.78, 5) is 31.3. The Balaban J connectivity index is 2.34. The van der Waals surface area contributed by atoms with Gasteiger partial charge in [0.1, 0.15) is 11.3 Å². The number of rotatable bonds is 6. The highest BCUT2D eigenvalue weighted by atomic mass is 31.2. The van der Waals surface area contributed by atoms with Crippen LogP contribution < -0.4 is 24.2 Å². The van der Waals surface area contributed by atoms with E-state index in [1.165, 1.54) is 51.7 Å². The van der Waals surface area contributed by atoms with Crippen LogP contribution in [0.1, 0.15) is 0 Å². The van der Waals surface area contributed by atoms with E-state index in [4.69, 9.17) is 18.6 Å². The van der Waals surface area contributed by atoms with Crippen molar-refractivity contribution in [1.29, 1.82) is 0 Å². The third-order valence-corrected chi connectivity index (χ3v) is 4.33. The molecule has 1 heterocycles. The van der Waals surface area contributed by atoms with E-state index in [1.807, 2.05) is 0 Å². The van der Waals surface area contributed by atoms with E-state index < -0.39 is 19.0 Å². The van der Waals surface area contributed by atoms with Gasteiger partial charge < -0.3 is 23.2 Å². The van der Waals surface area contributed by atoms with Gasteiger partial charge in [-0.05, 0) is 30.3 Å². The average Bonchev–Trinajstić information content (AvgIpc) is 2.68. The first-order chi connectivity index (χ1) is 13.3. The van der Waals surface area contributed by atoms with Gasteiger partial charge in [-0.3, -0.25) is 14.6 Å². The quantitative estimate of drug-likeness (QED) is 0.592. The van der Waals surface area contributed by atoms with Gasteiger partial charge >= 0.3 is 7.82 Å². The Kier molecular flexibility index (Phi) is 5.33. The Morgan fingerprint density at radius 2 is 1.64 bits per heavy atom. The number of ether oxygens (including phenoxy) is 3. The van der Waals surface area contributed by atoms with E-state index in [1.54, 1.807) is 6.07 Å². The Morgan fingerprint density at radius 3 is 2.25 bits per heavy atom. The molecule has 0 atom stereocenters. The molecule has 3 rings (SSSR count). The molecule has 28 heavy (non-hydrogen) atoms. The summed E-state index contributed by atoms with van der Waals surface area (Å²) in [6, 6.07) is 9.03. The summed E-state index contributed by atoms with van der Waals surface area (Å²) in [5.41, 5.74) is -0.285. The van der Waals surface area contributed by atoms with Crippen LogP contribution in [0, 0.1) is 0 Å². The van der Waals surface area contributed by atoms with Gasteiger partial charge in [-0.25, -0.2) is 4.57 Å². The van der Waals surface area contributed by atoms with Gasteiger partial charge in [-0.15, -0.1) is 0 Å². The maximum absolute atomic E-state index is 12.9. The molecule has 0 radical (unpaired) electrons. The molecular weight excluding hydrogens is 391 g/mol. The molecule has 0 aliphatic carbocycles. The number of hydrogen-bond donors (Lipinski definition) is 2. The monoisotopic (exact) mass is 408 g/mol. The second-order valence-corrected chi connectivity index (χ2v) is 6.77. The maximum atomic E-state index is 12.9. The van der Waals surface area contributed by atoms with E-state index in [9.17, 15) is 19.1 Å². The predicted molar refractivity (Wildman–Crippen MR) is 100 cm³/mol. The highest BCUT2D eigenvalue weighted by molar-refractivity contribution is 7.46. The number of phosphoric ester groups is 1. The van der Waals surface area contributed by atoms with E-state index in [0.717, 1.165) is 0 Å². The third kappa shape index (κ3) is 3.82. The van der Waals surface area contributed by atoms with E-state index in [2.05, 4.69) is 4.52 Å². The van der Waals surface area contributed by atoms with Gasteiger partial charge in [0.2, 0.25) is 11.2 Å². The van der Waals surface area contributed by atoms with E-state index >= 15 is 0 Å². The Morgan fingerprint density at radius 1 is 0.929 bits per heavy atom. The summed E-state index contributed by atoms with van der Waals surface area (Å²) in [7, 11) is -0.685. The Bertz CT molecular complexity index is 1130. The lowest BCUT2D eigenvalue weighted by atomic mass is 10.1. The molecule has 0 saturated carbocycles. The molecule has 0 bridgehead atoms. The summed E-state index contributed by atoms with van der Waals surface area (Å²) in [6.45, 7) is 0. The van der Waals surface area contributed by atoms with Crippen molar-refractivity contribution in [3.05, 3.63) is 46.6 Å². The van der Waals surface area contributed by atoms with Crippen molar-refractivity contribution < 1.29 is 37.5 Å². The molecule has 3 aromatic rings. The van der Waals surface area contributed by atoms with Crippen molar-refractivity contribution in [3.63, 3.8) is 0 Å². The summed E-state index contributed by atoms with van der Waals surface area (Å²) in [5, 5.41) is 0.0773. The van der Waals surface area contributed by atoms with Gasteiger partial charge in [0.05, 0.1) is 26.7 Å². The van der Waals surface area contributed by atoms with Crippen LogP contribution in [0.3, 0.4) is 0 Å². The normalized spacial score (nSPS) is 11.3. The van der Waals surface area contributed by atoms with E-state index in [0.29, 0.717) is 22.8 Å². The largest absolute Gasteiger partial charge is 0.525 e.